The summed E-state index contributed by atoms with van der Waals surface area (Å²) in [4.78, 5) is 36.0. The zero-order chi connectivity index (χ0) is 21.5. The van der Waals surface area contributed by atoms with E-state index in [9.17, 15) is 24.6 Å². The molecule has 0 spiro atoms. The van der Waals surface area contributed by atoms with E-state index in [1.165, 1.54) is 0 Å². The Hall–Kier alpha value is -2.65. The highest BCUT2D eigenvalue weighted by atomic mass is 16.6. The zero-order valence-electron chi connectivity index (χ0n) is 16.9. The van der Waals surface area contributed by atoms with Crippen molar-refractivity contribution in [3.8, 4) is 0 Å². The first-order valence-electron chi connectivity index (χ1n) is 10.7. The molecular formula is C20H30N2O8. The summed E-state index contributed by atoms with van der Waals surface area (Å²) in [6.45, 7) is -0.452. The van der Waals surface area contributed by atoms with Gasteiger partial charge in [0.05, 0.1) is 0 Å². The molecule has 2 unspecified atom stereocenters. The van der Waals surface area contributed by atoms with Crippen molar-refractivity contribution in [2.45, 2.75) is 88.5 Å². The van der Waals surface area contributed by atoms with Gasteiger partial charge in [-0.3, -0.25) is 0 Å². The molecule has 0 aromatic rings. The minimum Gasteiger partial charge on any atom is -0.505 e. The fraction of sp³-hybridized carbons (Fsp3) is 0.750. The molecule has 1 heterocycles. The summed E-state index contributed by atoms with van der Waals surface area (Å²) in [5.41, 5.74) is 0. The van der Waals surface area contributed by atoms with E-state index < -0.39 is 48.5 Å². The lowest BCUT2D eigenvalue weighted by Gasteiger charge is -2.27. The Morgan fingerprint density at radius 1 is 0.933 bits per heavy atom. The molecule has 3 rings (SSSR count). The molecule has 168 valence electrons. The van der Waals surface area contributed by atoms with Crippen molar-refractivity contribution in [1.82, 2.24) is 10.6 Å². The maximum atomic E-state index is 12.3. The van der Waals surface area contributed by atoms with Gasteiger partial charge in [0.25, 0.3) is 0 Å². The number of amides is 2. The van der Waals surface area contributed by atoms with E-state index in [-0.39, 0.29) is 12.1 Å². The third-order valence-corrected chi connectivity index (χ3v) is 5.77. The van der Waals surface area contributed by atoms with E-state index in [1.807, 2.05) is 0 Å². The molecule has 10 heteroatoms. The quantitative estimate of drug-likeness (QED) is 0.375. The van der Waals surface area contributed by atoms with Crippen LogP contribution in [-0.2, 0) is 19.0 Å². The average Bonchev–Trinajstić information content (AvgIpc) is 3.00. The number of nitrogens with one attached hydrogen (secondary N) is 2. The van der Waals surface area contributed by atoms with Crippen molar-refractivity contribution < 1.29 is 38.8 Å². The number of esters is 1. The number of hydrogen-bond acceptors (Lipinski definition) is 8. The van der Waals surface area contributed by atoms with Crippen molar-refractivity contribution in [1.29, 1.82) is 0 Å². The minimum atomic E-state index is -1.45. The molecule has 3 aliphatic rings. The summed E-state index contributed by atoms with van der Waals surface area (Å²) in [5, 5.41) is 25.0. The summed E-state index contributed by atoms with van der Waals surface area (Å²) in [6, 6.07) is 0.00737. The van der Waals surface area contributed by atoms with Crippen LogP contribution in [0.4, 0.5) is 9.59 Å². The molecule has 2 atom stereocenters. The molecule has 4 N–H and O–H groups in total. The second-order valence-corrected chi connectivity index (χ2v) is 8.06. The van der Waals surface area contributed by atoms with Crippen LogP contribution in [0, 0.1) is 0 Å². The van der Waals surface area contributed by atoms with Crippen molar-refractivity contribution in [2.75, 3.05) is 6.61 Å². The van der Waals surface area contributed by atoms with Crippen molar-refractivity contribution in [3.63, 3.8) is 0 Å². The summed E-state index contributed by atoms with van der Waals surface area (Å²) in [6.07, 6.45) is 5.57. The molecule has 1 aliphatic heterocycles. The number of cyclic esters (lactones) is 1. The van der Waals surface area contributed by atoms with Gasteiger partial charge in [-0.05, 0) is 25.7 Å². The van der Waals surface area contributed by atoms with Crippen LogP contribution in [0.5, 0.6) is 0 Å². The predicted octanol–water partition coefficient (Wildman–Crippen LogP) is 2.73. The largest absolute Gasteiger partial charge is 0.505 e. The zero-order valence-corrected chi connectivity index (χ0v) is 16.9. The fourth-order valence-corrected chi connectivity index (χ4v) is 4.10. The number of aliphatic hydroxyl groups excluding tert-OH is 2. The molecule has 10 nitrogen and oxygen atoms in total. The third-order valence-electron chi connectivity index (χ3n) is 5.77. The highest BCUT2D eigenvalue weighted by Crippen LogP contribution is 2.24. The number of alkyl carbamates (subject to hydrolysis) is 2. The van der Waals surface area contributed by atoms with Gasteiger partial charge >= 0.3 is 18.2 Å². The number of rotatable bonds is 6. The Morgan fingerprint density at radius 3 is 1.97 bits per heavy atom. The molecule has 2 amide bonds. The van der Waals surface area contributed by atoms with E-state index in [0.717, 1.165) is 64.2 Å². The molecule has 2 aliphatic carbocycles. The topological polar surface area (TPSA) is 143 Å². The molecule has 30 heavy (non-hydrogen) atoms. The van der Waals surface area contributed by atoms with Gasteiger partial charge in [0.15, 0.2) is 11.9 Å². The second kappa shape index (κ2) is 10.4. The number of carbonyl (C=O) groups excluding carboxylic acids is 3. The maximum Gasteiger partial charge on any atom is 0.407 e. The van der Waals surface area contributed by atoms with Gasteiger partial charge in [0, 0.05) is 12.1 Å². The Bertz CT molecular complexity index is 668. The highest BCUT2D eigenvalue weighted by Gasteiger charge is 2.43. The molecule has 0 aromatic carbocycles. The standard InChI is InChI=1S/C20H30N2O8/c23-15-16(24)18(25)30-17(15)14(29-20(27)22-13-9-5-2-6-10-13)11-28-19(26)21-12-7-3-1-4-8-12/h12-14,17,23-24H,1-11H2,(H,21,26)(H,22,27). The van der Waals surface area contributed by atoms with Crippen molar-refractivity contribution >= 4 is 18.2 Å². The number of ether oxygens (including phenoxy) is 3. The molecule has 2 fully saturated rings. The van der Waals surface area contributed by atoms with Gasteiger partial charge in [0.1, 0.15) is 6.61 Å². The summed E-state index contributed by atoms with van der Waals surface area (Å²) >= 11 is 0. The smallest absolute Gasteiger partial charge is 0.407 e. The molecule has 0 aromatic heterocycles. The number of aliphatic hydroxyl groups is 2. The fourth-order valence-electron chi connectivity index (χ4n) is 4.10. The third kappa shape index (κ3) is 5.93. The van der Waals surface area contributed by atoms with Gasteiger partial charge in [-0.25, -0.2) is 14.4 Å². The maximum absolute atomic E-state index is 12.3. The van der Waals surface area contributed by atoms with Crippen molar-refractivity contribution in [2.24, 2.45) is 0 Å². The van der Waals surface area contributed by atoms with E-state index in [4.69, 9.17) is 14.2 Å². The van der Waals surface area contributed by atoms with Crippen LogP contribution in [0.15, 0.2) is 11.5 Å². The van der Waals surface area contributed by atoms with Gasteiger partial charge in [-0.2, -0.15) is 0 Å². The highest BCUT2D eigenvalue weighted by molar-refractivity contribution is 5.89. The van der Waals surface area contributed by atoms with Crippen LogP contribution < -0.4 is 10.6 Å². The molecule has 2 saturated carbocycles. The SMILES string of the molecule is O=C(NC1CCCCC1)OCC(OC(=O)NC1CCCCC1)C1OC(=O)C(O)=C1O. The summed E-state index contributed by atoms with van der Waals surface area (Å²) in [7, 11) is 0. The molecule has 0 bridgehead atoms. The van der Waals surface area contributed by atoms with Crippen molar-refractivity contribution in [3.05, 3.63) is 11.5 Å². The van der Waals surface area contributed by atoms with Gasteiger partial charge < -0.3 is 35.1 Å². The molecular weight excluding hydrogens is 396 g/mol. The van der Waals surface area contributed by atoms with Crippen LogP contribution >= 0.6 is 0 Å². The molecule has 0 saturated heterocycles. The van der Waals surface area contributed by atoms with Gasteiger partial charge in [0.2, 0.25) is 11.9 Å². The Labute approximate surface area is 174 Å². The lowest BCUT2D eigenvalue weighted by Crippen LogP contribution is -2.45. The Morgan fingerprint density at radius 2 is 1.47 bits per heavy atom. The first-order valence-corrected chi connectivity index (χ1v) is 10.7. The monoisotopic (exact) mass is 426 g/mol. The number of hydrogen-bond donors (Lipinski definition) is 4. The average molecular weight is 426 g/mol. The van der Waals surface area contributed by atoms with Gasteiger partial charge in [-0.15, -0.1) is 0 Å². The lowest BCUT2D eigenvalue weighted by atomic mass is 9.96. The van der Waals surface area contributed by atoms with Crippen LogP contribution in [0.2, 0.25) is 0 Å². The lowest BCUT2D eigenvalue weighted by molar-refractivity contribution is -0.148. The predicted molar refractivity (Wildman–Crippen MR) is 104 cm³/mol. The van der Waals surface area contributed by atoms with E-state index >= 15 is 0 Å². The second-order valence-electron chi connectivity index (χ2n) is 8.06. The first-order chi connectivity index (χ1) is 14.4. The van der Waals surface area contributed by atoms with Crippen LogP contribution in [0.25, 0.3) is 0 Å². The Kier molecular flexibility index (Phi) is 7.64. The number of carbonyl (C=O) groups is 3. The summed E-state index contributed by atoms with van der Waals surface area (Å²) in [5.74, 6) is -2.84. The van der Waals surface area contributed by atoms with Gasteiger partial charge in [-0.1, -0.05) is 38.5 Å². The molecule has 0 radical (unpaired) electrons. The van der Waals surface area contributed by atoms with E-state index in [2.05, 4.69) is 10.6 Å². The van der Waals surface area contributed by atoms with E-state index in [1.54, 1.807) is 0 Å². The minimum absolute atomic E-state index is 0.0221. The summed E-state index contributed by atoms with van der Waals surface area (Å²) < 4.78 is 15.4. The van der Waals surface area contributed by atoms with Crippen LogP contribution in [-0.4, -0.2) is 59.3 Å². The Balaban J connectivity index is 1.56. The normalized spacial score (nSPS) is 24.1. The first kappa shape index (κ1) is 22.0. The van der Waals surface area contributed by atoms with E-state index in [0.29, 0.717) is 0 Å². The van der Waals surface area contributed by atoms with Crippen LogP contribution in [0.3, 0.4) is 0 Å². The van der Waals surface area contributed by atoms with Crippen LogP contribution in [0.1, 0.15) is 64.2 Å².